The first-order valence-electron chi connectivity index (χ1n) is 11.9. The first-order chi connectivity index (χ1) is 15.7. The number of aryl methyl sites for hydroxylation is 1. The Morgan fingerprint density at radius 1 is 0.909 bits per heavy atom. The van der Waals surface area contributed by atoms with E-state index in [1.807, 2.05) is 43.3 Å². The zero-order valence-electron chi connectivity index (χ0n) is 20.3. The molecule has 174 valence electrons. The van der Waals surface area contributed by atoms with Crippen molar-refractivity contribution in [1.29, 1.82) is 0 Å². The van der Waals surface area contributed by atoms with Crippen molar-refractivity contribution in [3.63, 3.8) is 0 Å². The summed E-state index contributed by atoms with van der Waals surface area (Å²) in [5, 5.41) is 0. The molecule has 0 N–H and O–H groups in total. The number of hydrogen-bond donors (Lipinski definition) is 0. The molecule has 2 atom stereocenters. The molecule has 5 heteroatoms. The first-order valence-corrected chi connectivity index (χ1v) is 11.9. The molecular formula is C28H34N2O3. The molecule has 5 nitrogen and oxygen atoms in total. The minimum atomic E-state index is -0.263. The van der Waals surface area contributed by atoms with Crippen LogP contribution in [0.4, 0.5) is 5.69 Å². The number of anilines is 1. The number of nitrogens with zero attached hydrogens (tertiary/aromatic N) is 2. The van der Waals surface area contributed by atoms with E-state index in [1.165, 1.54) is 4.90 Å². The summed E-state index contributed by atoms with van der Waals surface area (Å²) in [6.07, 6.45) is 1.13. The van der Waals surface area contributed by atoms with E-state index in [0.717, 1.165) is 36.4 Å². The quantitative estimate of drug-likeness (QED) is 0.566. The number of benzene rings is 2. The molecule has 0 aromatic heterocycles. The number of carbonyl (C=O) groups is 2. The second kappa shape index (κ2) is 9.42. The fourth-order valence-corrected chi connectivity index (χ4v) is 4.83. The van der Waals surface area contributed by atoms with Crippen LogP contribution >= 0.6 is 0 Å². The van der Waals surface area contributed by atoms with Gasteiger partial charge in [-0.2, -0.15) is 0 Å². The maximum absolute atomic E-state index is 13.8. The highest BCUT2D eigenvalue weighted by molar-refractivity contribution is 6.45. The van der Waals surface area contributed by atoms with Gasteiger partial charge in [-0.1, -0.05) is 57.5 Å². The van der Waals surface area contributed by atoms with Crippen molar-refractivity contribution >= 4 is 23.1 Å². The Kier molecular flexibility index (Phi) is 6.59. The van der Waals surface area contributed by atoms with Crippen LogP contribution in [0.15, 0.2) is 54.2 Å². The zero-order valence-corrected chi connectivity index (χ0v) is 20.3. The van der Waals surface area contributed by atoms with Crippen LogP contribution in [-0.4, -0.2) is 36.4 Å². The lowest BCUT2D eigenvalue weighted by atomic mass is 9.91. The molecule has 0 bridgehead atoms. The number of amides is 2. The molecule has 0 radical (unpaired) electrons. The van der Waals surface area contributed by atoms with Gasteiger partial charge in [0.25, 0.3) is 11.8 Å². The van der Waals surface area contributed by atoms with E-state index in [9.17, 15) is 9.59 Å². The normalized spacial score (nSPS) is 21.4. The van der Waals surface area contributed by atoms with Crippen molar-refractivity contribution in [1.82, 2.24) is 4.90 Å². The smallest absolute Gasteiger partial charge is 0.282 e. The van der Waals surface area contributed by atoms with Gasteiger partial charge >= 0.3 is 0 Å². The summed E-state index contributed by atoms with van der Waals surface area (Å²) >= 11 is 0. The molecule has 0 saturated carbocycles. The fraction of sp³-hybridized carbons (Fsp3) is 0.429. The van der Waals surface area contributed by atoms with Crippen LogP contribution in [0.3, 0.4) is 0 Å². The van der Waals surface area contributed by atoms with Crippen molar-refractivity contribution in [2.24, 2.45) is 17.8 Å². The zero-order chi connectivity index (χ0) is 23.7. The number of likely N-dealkylation sites (tertiary alicyclic amines) is 1. The van der Waals surface area contributed by atoms with Crippen LogP contribution in [0.1, 0.15) is 45.2 Å². The molecule has 0 spiro atoms. The maximum atomic E-state index is 13.8. The van der Waals surface area contributed by atoms with E-state index in [1.54, 1.807) is 12.1 Å². The monoisotopic (exact) mass is 446 g/mol. The molecule has 2 heterocycles. The fourth-order valence-electron chi connectivity index (χ4n) is 4.83. The standard InChI is InChI=1S/C28H34N2O3/c1-18(2)17-33-24-12-10-23(11-13-24)30-27(31)25(22-8-6-19(3)7-9-22)26(28(30)32)29-15-20(4)14-21(5)16-29/h6-13,18,20-21H,14-17H2,1-5H3. The molecule has 2 aliphatic rings. The predicted molar refractivity (Wildman–Crippen MR) is 132 cm³/mol. The number of piperidine rings is 1. The van der Waals surface area contributed by atoms with Gasteiger partial charge in [0.05, 0.1) is 17.9 Å². The molecule has 1 saturated heterocycles. The van der Waals surface area contributed by atoms with Gasteiger partial charge in [-0.15, -0.1) is 0 Å². The summed E-state index contributed by atoms with van der Waals surface area (Å²) in [6, 6.07) is 15.1. The van der Waals surface area contributed by atoms with Gasteiger partial charge in [-0.3, -0.25) is 9.59 Å². The Balaban J connectivity index is 1.71. The molecule has 2 aromatic carbocycles. The van der Waals surface area contributed by atoms with Crippen molar-refractivity contribution < 1.29 is 14.3 Å². The SMILES string of the molecule is Cc1ccc(C2=C(N3CC(C)CC(C)C3)C(=O)N(c3ccc(OCC(C)C)cc3)C2=O)cc1. The van der Waals surface area contributed by atoms with Crippen molar-refractivity contribution in [3.05, 3.63) is 65.4 Å². The Bertz CT molecular complexity index is 1040. The Hall–Kier alpha value is -3.08. The van der Waals surface area contributed by atoms with Crippen LogP contribution in [0.25, 0.3) is 5.57 Å². The molecule has 4 rings (SSSR count). The van der Waals surface area contributed by atoms with Crippen molar-refractivity contribution in [2.45, 2.75) is 41.0 Å². The lowest BCUT2D eigenvalue weighted by Gasteiger charge is -2.37. The van der Waals surface area contributed by atoms with E-state index in [2.05, 4.69) is 32.6 Å². The van der Waals surface area contributed by atoms with Crippen LogP contribution in [0.5, 0.6) is 5.75 Å². The summed E-state index contributed by atoms with van der Waals surface area (Å²) < 4.78 is 5.77. The topological polar surface area (TPSA) is 49.9 Å². The third kappa shape index (κ3) is 4.82. The minimum absolute atomic E-state index is 0.243. The highest BCUT2D eigenvalue weighted by atomic mass is 16.5. The summed E-state index contributed by atoms with van der Waals surface area (Å²) in [6.45, 7) is 12.8. The van der Waals surface area contributed by atoms with Gasteiger partial charge in [0, 0.05) is 13.1 Å². The molecule has 1 fully saturated rings. The minimum Gasteiger partial charge on any atom is -0.493 e. The van der Waals surface area contributed by atoms with E-state index >= 15 is 0 Å². The summed E-state index contributed by atoms with van der Waals surface area (Å²) in [7, 11) is 0. The van der Waals surface area contributed by atoms with Gasteiger partial charge in [0.15, 0.2) is 0 Å². The average molecular weight is 447 g/mol. The van der Waals surface area contributed by atoms with Crippen LogP contribution in [-0.2, 0) is 9.59 Å². The van der Waals surface area contributed by atoms with Crippen LogP contribution < -0.4 is 9.64 Å². The van der Waals surface area contributed by atoms with Gasteiger partial charge < -0.3 is 9.64 Å². The maximum Gasteiger partial charge on any atom is 0.282 e. The Morgan fingerprint density at radius 3 is 2.09 bits per heavy atom. The number of ether oxygens (including phenoxy) is 1. The molecule has 2 amide bonds. The molecule has 33 heavy (non-hydrogen) atoms. The molecule has 2 aromatic rings. The lowest BCUT2D eigenvalue weighted by Crippen LogP contribution is -2.42. The van der Waals surface area contributed by atoms with Gasteiger partial charge in [-0.05, 0) is 60.9 Å². The lowest BCUT2D eigenvalue weighted by molar-refractivity contribution is -0.120. The number of imide groups is 1. The van der Waals surface area contributed by atoms with E-state index in [-0.39, 0.29) is 11.8 Å². The van der Waals surface area contributed by atoms with E-state index < -0.39 is 0 Å². The highest BCUT2D eigenvalue weighted by Crippen LogP contribution is 2.37. The predicted octanol–water partition coefficient (Wildman–Crippen LogP) is 5.29. The van der Waals surface area contributed by atoms with Gasteiger partial charge in [0.2, 0.25) is 0 Å². The number of rotatable bonds is 6. The van der Waals surface area contributed by atoms with E-state index in [0.29, 0.717) is 41.3 Å². The van der Waals surface area contributed by atoms with E-state index in [4.69, 9.17) is 4.74 Å². The number of hydrogen-bond acceptors (Lipinski definition) is 4. The van der Waals surface area contributed by atoms with Gasteiger partial charge in [-0.25, -0.2) is 4.90 Å². The average Bonchev–Trinajstić information content (AvgIpc) is 3.02. The first kappa shape index (κ1) is 23.1. The second-order valence-electron chi connectivity index (χ2n) is 10.1. The van der Waals surface area contributed by atoms with Crippen LogP contribution in [0.2, 0.25) is 0 Å². The Labute approximate surface area is 197 Å². The summed E-state index contributed by atoms with van der Waals surface area (Å²) in [4.78, 5) is 30.9. The summed E-state index contributed by atoms with van der Waals surface area (Å²) in [5.41, 5.74) is 3.51. The largest absolute Gasteiger partial charge is 0.493 e. The Morgan fingerprint density at radius 2 is 1.52 bits per heavy atom. The molecular weight excluding hydrogens is 412 g/mol. The number of carbonyl (C=O) groups excluding carboxylic acids is 2. The van der Waals surface area contributed by atoms with Crippen LogP contribution in [0, 0.1) is 24.7 Å². The second-order valence-corrected chi connectivity index (χ2v) is 10.1. The molecule has 2 unspecified atom stereocenters. The third-order valence-corrected chi connectivity index (χ3v) is 6.26. The van der Waals surface area contributed by atoms with Crippen molar-refractivity contribution in [3.8, 4) is 5.75 Å². The van der Waals surface area contributed by atoms with Crippen molar-refractivity contribution in [2.75, 3.05) is 24.6 Å². The third-order valence-electron chi connectivity index (χ3n) is 6.26. The van der Waals surface area contributed by atoms with Gasteiger partial charge in [0.1, 0.15) is 11.4 Å². The summed E-state index contributed by atoms with van der Waals surface area (Å²) in [5.74, 6) is 1.58. The molecule has 0 aliphatic carbocycles. The highest BCUT2D eigenvalue weighted by Gasteiger charge is 2.43. The molecule has 2 aliphatic heterocycles.